The summed E-state index contributed by atoms with van der Waals surface area (Å²) in [4.78, 5) is 18.4. The van der Waals surface area contributed by atoms with Crippen LogP contribution in [0.1, 0.15) is 36.0 Å². The minimum absolute atomic E-state index is 0.0109. The van der Waals surface area contributed by atoms with E-state index in [0.29, 0.717) is 18.7 Å². The second kappa shape index (κ2) is 7.02. The molecular formula is C20H26N2O4. The molecule has 1 aromatic carbocycles. The molecule has 0 bridgehead atoms. The van der Waals surface area contributed by atoms with Gasteiger partial charge in [0.1, 0.15) is 0 Å². The van der Waals surface area contributed by atoms with Gasteiger partial charge in [-0.05, 0) is 49.3 Å². The molecular weight excluding hydrogens is 332 g/mol. The summed E-state index contributed by atoms with van der Waals surface area (Å²) >= 11 is 0. The van der Waals surface area contributed by atoms with Crippen molar-refractivity contribution in [2.24, 2.45) is 0 Å². The Hall–Kier alpha value is -1.89. The zero-order valence-corrected chi connectivity index (χ0v) is 15.1. The summed E-state index contributed by atoms with van der Waals surface area (Å²) in [6.07, 6.45) is 5.34. The average Bonchev–Trinajstić information content (AvgIpc) is 3.29. The largest absolute Gasteiger partial charge is 0.394 e. The van der Waals surface area contributed by atoms with Gasteiger partial charge in [-0.2, -0.15) is 0 Å². The Morgan fingerprint density at radius 3 is 3.08 bits per heavy atom. The first-order valence-corrected chi connectivity index (χ1v) is 9.32. The predicted molar refractivity (Wildman–Crippen MR) is 98.2 cm³/mol. The van der Waals surface area contributed by atoms with E-state index < -0.39 is 0 Å². The lowest BCUT2D eigenvalue weighted by molar-refractivity contribution is -0.0992. The van der Waals surface area contributed by atoms with Crippen molar-refractivity contribution >= 4 is 16.8 Å². The lowest BCUT2D eigenvalue weighted by atomic mass is 9.79. The number of aromatic nitrogens is 1. The molecule has 0 unspecified atom stereocenters. The number of carbonyl (C=O) groups excluding carboxylic acids is 1. The number of benzene rings is 1. The van der Waals surface area contributed by atoms with Crippen LogP contribution in [0.2, 0.25) is 0 Å². The molecule has 140 valence electrons. The van der Waals surface area contributed by atoms with E-state index in [0.717, 1.165) is 36.6 Å². The average molecular weight is 358 g/mol. The molecule has 0 spiro atoms. The van der Waals surface area contributed by atoms with Crippen molar-refractivity contribution in [1.82, 2.24) is 9.88 Å². The highest BCUT2D eigenvalue weighted by Crippen LogP contribution is 2.43. The topological polar surface area (TPSA) is 74.8 Å². The summed E-state index contributed by atoms with van der Waals surface area (Å²) < 4.78 is 11.7. The molecule has 1 saturated heterocycles. The van der Waals surface area contributed by atoms with Crippen LogP contribution in [0.4, 0.5) is 0 Å². The SMILES string of the molecule is CO[C@@]12CC[C@H](OCCO)C[C@@H]1N(C(=O)c1ccc3cc[nH]c3c1)CC2. The van der Waals surface area contributed by atoms with Crippen LogP contribution >= 0.6 is 0 Å². The maximum Gasteiger partial charge on any atom is 0.254 e. The lowest BCUT2D eigenvalue weighted by Crippen LogP contribution is -2.53. The van der Waals surface area contributed by atoms with Crippen LogP contribution in [0.3, 0.4) is 0 Å². The number of nitrogens with one attached hydrogen (secondary N) is 1. The van der Waals surface area contributed by atoms with Gasteiger partial charge in [0, 0.05) is 30.9 Å². The lowest BCUT2D eigenvalue weighted by Gasteiger charge is -2.43. The highest BCUT2D eigenvalue weighted by atomic mass is 16.5. The van der Waals surface area contributed by atoms with Crippen molar-refractivity contribution in [3.63, 3.8) is 0 Å². The van der Waals surface area contributed by atoms with Gasteiger partial charge < -0.3 is 24.5 Å². The molecule has 6 heteroatoms. The molecule has 1 amide bonds. The quantitative estimate of drug-likeness (QED) is 0.860. The van der Waals surface area contributed by atoms with Crippen molar-refractivity contribution in [3.8, 4) is 0 Å². The van der Waals surface area contributed by atoms with Gasteiger partial charge in [-0.25, -0.2) is 0 Å². The molecule has 1 aromatic heterocycles. The summed E-state index contributed by atoms with van der Waals surface area (Å²) in [6.45, 7) is 1.07. The number of nitrogens with zero attached hydrogens (tertiary/aromatic N) is 1. The fraction of sp³-hybridized carbons (Fsp3) is 0.550. The van der Waals surface area contributed by atoms with E-state index in [1.165, 1.54) is 0 Å². The maximum atomic E-state index is 13.2. The van der Waals surface area contributed by atoms with E-state index in [1.807, 2.05) is 35.4 Å². The fourth-order valence-corrected chi connectivity index (χ4v) is 4.62. The Morgan fingerprint density at radius 2 is 2.27 bits per heavy atom. The van der Waals surface area contributed by atoms with Crippen molar-refractivity contribution < 1.29 is 19.4 Å². The number of hydrogen-bond donors (Lipinski definition) is 2. The first kappa shape index (κ1) is 17.5. The van der Waals surface area contributed by atoms with Gasteiger partial charge in [0.25, 0.3) is 5.91 Å². The Labute approximate surface area is 153 Å². The normalized spacial score (nSPS) is 28.5. The monoisotopic (exact) mass is 358 g/mol. The zero-order chi connectivity index (χ0) is 18.1. The summed E-state index contributed by atoms with van der Waals surface area (Å²) in [5.41, 5.74) is 1.40. The summed E-state index contributed by atoms with van der Waals surface area (Å²) in [5.74, 6) is 0.0493. The van der Waals surface area contributed by atoms with E-state index in [-0.39, 0.29) is 30.3 Å². The molecule has 2 aromatic rings. The number of aromatic amines is 1. The predicted octanol–water partition coefficient (Wildman–Crippen LogP) is 2.33. The molecule has 6 nitrogen and oxygen atoms in total. The molecule has 26 heavy (non-hydrogen) atoms. The van der Waals surface area contributed by atoms with Crippen molar-refractivity contribution in [1.29, 1.82) is 0 Å². The third-order valence-electron chi connectivity index (χ3n) is 6.05. The van der Waals surface area contributed by atoms with Crippen LogP contribution in [0.25, 0.3) is 10.9 Å². The fourth-order valence-electron chi connectivity index (χ4n) is 4.62. The van der Waals surface area contributed by atoms with Gasteiger partial charge >= 0.3 is 0 Å². The Kier molecular flexibility index (Phi) is 4.73. The number of amides is 1. The Bertz CT molecular complexity index is 789. The molecule has 3 atom stereocenters. The number of likely N-dealkylation sites (tertiary alicyclic amines) is 1. The van der Waals surface area contributed by atoms with Gasteiger partial charge in [-0.1, -0.05) is 6.07 Å². The van der Waals surface area contributed by atoms with Crippen molar-refractivity contribution in [2.45, 2.75) is 43.4 Å². The first-order chi connectivity index (χ1) is 12.7. The second-order valence-electron chi connectivity index (χ2n) is 7.30. The van der Waals surface area contributed by atoms with Gasteiger partial charge in [0.15, 0.2) is 0 Å². The first-order valence-electron chi connectivity index (χ1n) is 9.32. The molecule has 2 N–H and O–H groups in total. The number of fused-ring (bicyclic) bond motifs is 2. The van der Waals surface area contributed by atoms with E-state index in [9.17, 15) is 4.79 Å². The van der Waals surface area contributed by atoms with Crippen LogP contribution in [-0.4, -0.2) is 65.5 Å². The van der Waals surface area contributed by atoms with Crippen LogP contribution in [0.15, 0.2) is 30.5 Å². The number of aliphatic hydroxyl groups excluding tert-OH is 1. The molecule has 1 aliphatic carbocycles. The van der Waals surface area contributed by atoms with Crippen LogP contribution in [0.5, 0.6) is 0 Å². The standard InChI is InChI=1S/C20H26N2O4/c1-25-20-6-4-16(26-11-10-23)13-18(20)22(9-7-20)19(24)15-3-2-14-5-8-21-17(14)12-15/h2-3,5,8,12,16,18,21,23H,4,6-7,9-11,13H2,1H3/t16-,18-,20+/m0/s1. The number of aliphatic hydroxyl groups is 1. The van der Waals surface area contributed by atoms with Crippen LogP contribution in [-0.2, 0) is 9.47 Å². The number of methoxy groups -OCH3 is 1. The molecule has 2 fully saturated rings. The van der Waals surface area contributed by atoms with E-state index >= 15 is 0 Å². The third kappa shape index (κ3) is 2.92. The van der Waals surface area contributed by atoms with Gasteiger partial charge in [-0.3, -0.25) is 4.79 Å². The maximum absolute atomic E-state index is 13.2. The number of rotatable bonds is 5. The molecule has 2 aliphatic rings. The van der Waals surface area contributed by atoms with E-state index in [4.69, 9.17) is 14.6 Å². The van der Waals surface area contributed by atoms with Crippen molar-refractivity contribution in [3.05, 3.63) is 36.0 Å². The summed E-state index contributed by atoms with van der Waals surface area (Å²) in [6, 6.07) is 7.81. The zero-order valence-electron chi connectivity index (χ0n) is 15.1. The number of hydrogen-bond acceptors (Lipinski definition) is 4. The highest BCUT2D eigenvalue weighted by Gasteiger charge is 2.52. The number of H-pyrrole nitrogens is 1. The van der Waals surface area contributed by atoms with E-state index in [1.54, 1.807) is 7.11 Å². The summed E-state index contributed by atoms with van der Waals surface area (Å²) in [5, 5.41) is 10.1. The Balaban J connectivity index is 1.57. The third-order valence-corrected chi connectivity index (χ3v) is 6.05. The molecule has 2 heterocycles. The number of ether oxygens (including phenoxy) is 2. The smallest absolute Gasteiger partial charge is 0.254 e. The minimum atomic E-state index is -0.273. The molecule has 0 radical (unpaired) electrons. The van der Waals surface area contributed by atoms with Gasteiger partial charge in [-0.15, -0.1) is 0 Å². The van der Waals surface area contributed by atoms with Crippen LogP contribution < -0.4 is 0 Å². The highest BCUT2D eigenvalue weighted by molar-refractivity contribution is 5.98. The van der Waals surface area contributed by atoms with Crippen LogP contribution in [0, 0.1) is 0 Å². The van der Waals surface area contributed by atoms with Gasteiger partial charge in [0.05, 0.1) is 31.0 Å². The minimum Gasteiger partial charge on any atom is -0.394 e. The van der Waals surface area contributed by atoms with Gasteiger partial charge in [0.2, 0.25) is 0 Å². The van der Waals surface area contributed by atoms with Crippen molar-refractivity contribution in [2.75, 3.05) is 26.9 Å². The molecule has 1 saturated carbocycles. The Morgan fingerprint density at radius 1 is 1.38 bits per heavy atom. The van der Waals surface area contributed by atoms with E-state index in [2.05, 4.69) is 4.98 Å². The molecule has 4 rings (SSSR count). The second-order valence-corrected chi connectivity index (χ2v) is 7.30. The number of carbonyl (C=O) groups is 1. The summed E-state index contributed by atoms with van der Waals surface area (Å²) in [7, 11) is 1.75. The molecule has 1 aliphatic heterocycles.